The molecule has 2 unspecified atom stereocenters. The van der Waals surface area contributed by atoms with E-state index in [1.807, 2.05) is 0 Å². The van der Waals surface area contributed by atoms with Crippen LogP contribution < -0.4 is 4.74 Å². The number of benzene rings is 1. The first-order valence-corrected chi connectivity index (χ1v) is 7.60. The number of alkyl halides is 1. The molecule has 1 fully saturated rings. The molecular formula is C16H23ClO. The van der Waals surface area contributed by atoms with Gasteiger partial charge in [0, 0.05) is 5.38 Å². The van der Waals surface area contributed by atoms with Crippen LogP contribution in [0.25, 0.3) is 0 Å². The topological polar surface area (TPSA) is 9.23 Å². The van der Waals surface area contributed by atoms with E-state index < -0.39 is 0 Å². The lowest BCUT2D eigenvalue weighted by atomic mass is 9.92. The molecule has 0 spiro atoms. The van der Waals surface area contributed by atoms with E-state index in [4.69, 9.17) is 16.3 Å². The van der Waals surface area contributed by atoms with Crippen molar-refractivity contribution in [1.29, 1.82) is 0 Å². The van der Waals surface area contributed by atoms with Crippen molar-refractivity contribution >= 4 is 11.6 Å². The van der Waals surface area contributed by atoms with Crippen molar-refractivity contribution in [3.05, 3.63) is 29.8 Å². The maximum atomic E-state index is 6.34. The van der Waals surface area contributed by atoms with Crippen molar-refractivity contribution in [2.75, 3.05) is 6.61 Å². The minimum atomic E-state index is 0.355. The normalized spacial score (nSPS) is 24.6. The molecule has 0 aliphatic heterocycles. The molecule has 0 N–H and O–H groups in total. The smallest absolute Gasteiger partial charge is 0.119 e. The van der Waals surface area contributed by atoms with Gasteiger partial charge in [-0.15, -0.1) is 11.6 Å². The Labute approximate surface area is 115 Å². The monoisotopic (exact) mass is 266 g/mol. The van der Waals surface area contributed by atoms with Crippen LogP contribution in [0.2, 0.25) is 0 Å². The van der Waals surface area contributed by atoms with Crippen molar-refractivity contribution in [3.63, 3.8) is 0 Å². The molecule has 0 amide bonds. The van der Waals surface area contributed by atoms with Gasteiger partial charge in [-0.05, 0) is 49.3 Å². The second-order valence-electron chi connectivity index (χ2n) is 5.23. The third-order valence-corrected chi connectivity index (χ3v) is 4.08. The predicted molar refractivity (Wildman–Crippen MR) is 77.7 cm³/mol. The molecule has 2 rings (SSSR count). The number of ether oxygens (including phenoxy) is 1. The molecule has 1 nitrogen and oxygen atoms in total. The first kappa shape index (κ1) is 13.7. The van der Waals surface area contributed by atoms with E-state index in [0.29, 0.717) is 11.3 Å². The summed E-state index contributed by atoms with van der Waals surface area (Å²) in [7, 11) is 0. The lowest BCUT2D eigenvalue weighted by Gasteiger charge is -2.17. The molecule has 0 bridgehead atoms. The fourth-order valence-electron chi connectivity index (χ4n) is 2.66. The third kappa shape index (κ3) is 3.91. The van der Waals surface area contributed by atoms with Gasteiger partial charge in [0.1, 0.15) is 5.75 Å². The Morgan fingerprint density at radius 3 is 2.61 bits per heavy atom. The largest absolute Gasteiger partial charge is 0.494 e. The van der Waals surface area contributed by atoms with E-state index in [2.05, 4.69) is 31.2 Å². The fourth-order valence-corrected chi connectivity index (χ4v) is 3.03. The zero-order valence-corrected chi connectivity index (χ0v) is 12.0. The molecular weight excluding hydrogens is 244 g/mol. The van der Waals surface area contributed by atoms with Gasteiger partial charge in [0.2, 0.25) is 0 Å². The molecule has 2 atom stereocenters. The Kier molecular flexibility index (Phi) is 5.37. The van der Waals surface area contributed by atoms with Crippen molar-refractivity contribution in [2.24, 2.45) is 0 Å². The van der Waals surface area contributed by atoms with E-state index in [1.165, 1.54) is 31.2 Å². The summed E-state index contributed by atoms with van der Waals surface area (Å²) >= 11 is 6.34. The summed E-state index contributed by atoms with van der Waals surface area (Å²) in [4.78, 5) is 0. The minimum Gasteiger partial charge on any atom is -0.494 e. The van der Waals surface area contributed by atoms with Gasteiger partial charge < -0.3 is 4.74 Å². The molecule has 0 heterocycles. The van der Waals surface area contributed by atoms with E-state index in [9.17, 15) is 0 Å². The van der Waals surface area contributed by atoms with Crippen molar-refractivity contribution in [3.8, 4) is 5.75 Å². The average molecular weight is 267 g/mol. The number of rotatable bonds is 4. The number of halogens is 1. The first-order chi connectivity index (χ1) is 8.79. The second kappa shape index (κ2) is 7.04. The molecule has 1 aliphatic carbocycles. The molecule has 0 saturated heterocycles. The van der Waals surface area contributed by atoms with Gasteiger partial charge in [0.05, 0.1) is 6.61 Å². The van der Waals surface area contributed by atoms with Crippen LogP contribution in [0.5, 0.6) is 5.75 Å². The maximum absolute atomic E-state index is 6.34. The van der Waals surface area contributed by atoms with Crippen LogP contribution in [0.1, 0.15) is 56.9 Å². The summed E-state index contributed by atoms with van der Waals surface area (Å²) in [5, 5.41) is 0.355. The van der Waals surface area contributed by atoms with Crippen molar-refractivity contribution in [2.45, 2.75) is 56.7 Å². The van der Waals surface area contributed by atoms with E-state index in [-0.39, 0.29) is 0 Å². The molecule has 1 aromatic rings. The Bertz CT molecular complexity index is 347. The number of hydrogen-bond donors (Lipinski definition) is 0. The second-order valence-corrected chi connectivity index (χ2v) is 5.85. The van der Waals surface area contributed by atoms with E-state index in [0.717, 1.165) is 25.2 Å². The van der Waals surface area contributed by atoms with Gasteiger partial charge in [-0.2, -0.15) is 0 Å². The van der Waals surface area contributed by atoms with Gasteiger partial charge in [-0.1, -0.05) is 31.9 Å². The summed E-state index contributed by atoms with van der Waals surface area (Å²) in [5.74, 6) is 1.62. The highest BCUT2D eigenvalue weighted by Gasteiger charge is 2.19. The van der Waals surface area contributed by atoms with Gasteiger partial charge in [0.15, 0.2) is 0 Å². The van der Waals surface area contributed by atoms with Crippen LogP contribution in [0.4, 0.5) is 0 Å². The molecule has 1 saturated carbocycles. The third-order valence-electron chi connectivity index (χ3n) is 3.68. The summed E-state index contributed by atoms with van der Waals surface area (Å²) in [5.41, 5.74) is 1.42. The SMILES string of the molecule is CCCOc1ccc(C2CCCCC(Cl)C2)cc1. The summed E-state index contributed by atoms with van der Waals surface area (Å²) in [6.07, 6.45) is 7.22. The predicted octanol–water partition coefficient (Wildman–Crippen LogP) is 5.13. The highest BCUT2D eigenvalue weighted by molar-refractivity contribution is 6.20. The van der Waals surface area contributed by atoms with Gasteiger partial charge in [0.25, 0.3) is 0 Å². The van der Waals surface area contributed by atoms with Crippen LogP contribution in [0.15, 0.2) is 24.3 Å². The zero-order valence-electron chi connectivity index (χ0n) is 11.2. The summed E-state index contributed by atoms with van der Waals surface area (Å²) in [6, 6.07) is 8.62. The molecule has 2 heteroatoms. The summed E-state index contributed by atoms with van der Waals surface area (Å²) in [6.45, 7) is 2.92. The first-order valence-electron chi connectivity index (χ1n) is 7.16. The molecule has 100 valence electrons. The van der Waals surface area contributed by atoms with Crippen LogP contribution in [-0.2, 0) is 0 Å². The fraction of sp³-hybridized carbons (Fsp3) is 0.625. The van der Waals surface area contributed by atoms with E-state index >= 15 is 0 Å². The summed E-state index contributed by atoms with van der Waals surface area (Å²) < 4.78 is 5.62. The minimum absolute atomic E-state index is 0.355. The van der Waals surface area contributed by atoms with Gasteiger partial charge in [-0.25, -0.2) is 0 Å². The van der Waals surface area contributed by atoms with Crippen LogP contribution in [0, 0.1) is 0 Å². The number of hydrogen-bond acceptors (Lipinski definition) is 1. The molecule has 18 heavy (non-hydrogen) atoms. The quantitative estimate of drug-likeness (QED) is 0.542. The Morgan fingerprint density at radius 2 is 1.89 bits per heavy atom. The Morgan fingerprint density at radius 1 is 1.17 bits per heavy atom. The van der Waals surface area contributed by atoms with Gasteiger partial charge in [-0.3, -0.25) is 0 Å². The molecule has 1 aliphatic rings. The van der Waals surface area contributed by atoms with Crippen LogP contribution in [0.3, 0.4) is 0 Å². The van der Waals surface area contributed by atoms with Crippen LogP contribution >= 0.6 is 11.6 Å². The lowest BCUT2D eigenvalue weighted by Crippen LogP contribution is -2.04. The zero-order chi connectivity index (χ0) is 12.8. The van der Waals surface area contributed by atoms with Crippen LogP contribution in [-0.4, -0.2) is 12.0 Å². The lowest BCUT2D eigenvalue weighted by molar-refractivity contribution is 0.317. The van der Waals surface area contributed by atoms with Crippen molar-refractivity contribution < 1.29 is 4.74 Å². The maximum Gasteiger partial charge on any atom is 0.119 e. The Balaban J connectivity index is 1.99. The highest BCUT2D eigenvalue weighted by Crippen LogP contribution is 2.34. The average Bonchev–Trinajstić information content (AvgIpc) is 2.62. The standard InChI is InChI=1S/C16H23ClO/c1-2-11-18-16-9-7-13(8-10-16)14-5-3-4-6-15(17)12-14/h7-10,14-15H,2-6,11-12H2,1H3. The molecule has 0 aromatic heterocycles. The van der Waals surface area contributed by atoms with E-state index in [1.54, 1.807) is 0 Å². The molecule has 0 radical (unpaired) electrons. The van der Waals surface area contributed by atoms with Gasteiger partial charge >= 0.3 is 0 Å². The highest BCUT2D eigenvalue weighted by atomic mass is 35.5. The molecule has 1 aromatic carbocycles. The van der Waals surface area contributed by atoms with Crippen molar-refractivity contribution in [1.82, 2.24) is 0 Å². The Hall–Kier alpha value is -0.690.